The second-order valence-electron chi connectivity index (χ2n) is 7.06. The molecule has 0 atom stereocenters. The minimum atomic E-state index is -0.293. The Morgan fingerprint density at radius 3 is 2.47 bits per heavy atom. The fourth-order valence-electron chi connectivity index (χ4n) is 3.22. The van der Waals surface area contributed by atoms with Crippen molar-refractivity contribution < 1.29 is 14.3 Å². The number of rotatable bonds is 6. The van der Waals surface area contributed by atoms with Crippen LogP contribution in [-0.2, 0) is 11.3 Å². The molecule has 0 aliphatic carbocycles. The minimum absolute atomic E-state index is 0.0803. The molecule has 0 radical (unpaired) electrons. The van der Waals surface area contributed by atoms with E-state index in [1.165, 1.54) is 14.2 Å². The van der Waals surface area contributed by atoms with Crippen LogP contribution < -0.4 is 20.3 Å². The molecule has 0 fully saturated rings. The van der Waals surface area contributed by atoms with Crippen LogP contribution in [0.15, 0.2) is 29.1 Å². The van der Waals surface area contributed by atoms with Crippen LogP contribution in [-0.4, -0.2) is 29.7 Å². The first-order valence-corrected chi connectivity index (χ1v) is 9.82. The Balaban J connectivity index is 1.87. The first-order chi connectivity index (χ1) is 14.2. The number of fused-ring (bicyclic) bond motifs is 1. The van der Waals surface area contributed by atoms with E-state index in [0.717, 1.165) is 16.6 Å². The Bertz CT molecular complexity index is 1190. The summed E-state index contributed by atoms with van der Waals surface area (Å²) in [7, 11) is 3.00. The van der Waals surface area contributed by atoms with E-state index in [-0.39, 0.29) is 24.4 Å². The molecule has 0 saturated carbocycles. The summed E-state index contributed by atoms with van der Waals surface area (Å²) in [5.74, 6) is 0.616. The first kappa shape index (κ1) is 21.6. The molecule has 8 heteroatoms. The number of aryl methyl sites for hydroxylation is 4. The molecule has 30 heavy (non-hydrogen) atoms. The van der Waals surface area contributed by atoms with Gasteiger partial charge in [-0.05, 0) is 44.0 Å². The van der Waals surface area contributed by atoms with Crippen molar-refractivity contribution in [3.8, 4) is 11.5 Å². The van der Waals surface area contributed by atoms with Gasteiger partial charge in [0.2, 0.25) is 5.91 Å². The van der Waals surface area contributed by atoms with Crippen LogP contribution in [0.1, 0.15) is 23.2 Å². The average Bonchev–Trinajstić information content (AvgIpc) is 2.71. The van der Waals surface area contributed by atoms with Crippen molar-refractivity contribution >= 4 is 34.2 Å². The maximum Gasteiger partial charge on any atom is 0.272 e. The van der Waals surface area contributed by atoms with Gasteiger partial charge >= 0.3 is 0 Å². The van der Waals surface area contributed by atoms with E-state index in [1.807, 2.05) is 26.0 Å². The molecule has 1 amide bonds. The van der Waals surface area contributed by atoms with Gasteiger partial charge in [-0.1, -0.05) is 11.6 Å². The second kappa shape index (κ2) is 8.75. The quantitative estimate of drug-likeness (QED) is 0.639. The van der Waals surface area contributed by atoms with Crippen LogP contribution in [0.5, 0.6) is 11.5 Å². The number of aromatic nitrogens is 2. The molecular weight excluding hydrogens is 406 g/mol. The predicted molar refractivity (Wildman–Crippen MR) is 118 cm³/mol. The number of hydrogen-bond donors (Lipinski definition) is 1. The zero-order valence-corrected chi connectivity index (χ0v) is 18.4. The van der Waals surface area contributed by atoms with Crippen molar-refractivity contribution in [2.75, 3.05) is 19.5 Å². The minimum Gasteiger partial charge on any atom is -0.497 e. The maximum absolute atomic E-state index is 12.7. The zero-order chi connectivity index (χ0) is 22.0. The summed E-state index contributed by atoms with van der Waals surface area (Å²) < 4.78 is 12.1. The highest BCUT2D eigenvalue weighted by atomic mass is 35.5. The van der Waals surface area contributed by atoms with Gasteiger partial charge in [0.15, 0.2) is 0 Å². The van der Waals surface area contributed by atoms with Crippen LogP contribution in [0.3, 0.4) is 0 Å². The Kier molecular flexibility index (Phi) is 6.31. The van der Waals surface area contributed by atoms with Crippen molar-refractivity contribution in [1.82, 2.24) is 9.55 Å². The lowest BCUT2D eigenvalue weighted by Crippen LogP contribution is -2.26. The Morgan fingerprint density at radius 1 is 1.10 bits per heavy atom. The van der Waals surface area contributed by atoms with Crippen molar-refractivity contribution in [3.63, 3.8) is 0 Å². The summed E-state index contributed by atoms with van der Waals surface area (Å²) in [6.07, 6.45) is 0.0803. The standard InChI is InChI=1S/C22H24ClN3O4/c1-12-8-17-18(9-13(12)2)26(22(28)14(3)24-17)7-6-20(27)25-21-16(23)10-15(29-4)11-19(21)30-5/h8-11H,6-7H2,1-5H3,(H,25,27). The molecule has 0 bridgehead atoms. The fourth-order valence-corrected chi connectivity index (χ4v) is 3.47. The van der Waals surface area contributed by atoms with E-state index in [4.69, 9.17) is 21.1 Å². The molecule has 0 aliphatic rings. The Morgan fingerprint density at radius 2 is 1.80 bits per heavy atom. The molecule has 1 aromatic heterocycles. The van der Waals surface area contributed by atoms with Crippen LogP contribution >= 0.6 is 11.6 Å². The number of carbonyl (C=O) groups excluding carboxylic acids is 1. The predicted octanol–water partition coefficient (Wildman–Crippen LogP) is 4.02. The van der Waals surface area contributed by atoms with Gasteiger partial charge in [0, 0.05) is 25.1 Å². The number of amides is 1. The van der Waals surface area contributed by atoms with E-state index in [0.29, 0.717) is 33.4 Å². The van der Waals surface area contributed by atoms with Gasteiger partial charge in [-0.3, -0.25) is 9.59 Å². The molecule has 3 aromatic rings. The molecule has 2 aromatic carbocycles. The lowest BCUT2D eigenvalue weighted by atomic mass is 10.1. The number of nitrogens with one attached hydrogen (secondary N) is 1. The van der Waals surface area contributed by atoms with Gasteiger partial charge in [-0.25, -0.2) is 4.98 Å². The third-order valence-corrected chi connectivity index (χ3v) is 5.33. The number of benzene rings is 2. The largest absolute Gasteiger partial charge is 0.497 e. The van der Waals surface area contributed by atoms with Gasteiger partial charge < -0.3 is 19.4 Å². The maximum atomic E-state index is 12.7. The van der Waals surface area contributed by atoms with Crippen LogP contribution in [0.4, 0.5) is 5.69 Å². The second-order valence-corrected chi connectivity index (χ2v) is 7.47. The van der Waals surface area contributed by atoms with Gasteiger partial charge in [0.25, 0.3) is 5.56 Å². The van der Waals surface area contributed by atoms with Gasteiger partial charge in [-0.2, -0.15) is 0 Å². The monoisotopic (exact) mass is 429 g/mol. The summed E-state index contributed by atoms with van der Waals surface area (Å²) >= 11 is 6.27. The van der Waals surface area contributed by atoms with Crippen LogP contribution in [0, 0.1) is 20.8 Å². The summed E-state index contributed by atoms with van der Waals surface area (Å²) in [5.41, 5.74) is 4.14. The molecule has 1 N–H and O–H groups in total. The molecule has 0 unspecified atom stereocenters. The van der Waals surface area contributed by atoms with E-state index >= 15 is 0 Å². The van der Waals surface area contributed by atoms with Gasteiger partial charge in [0.1, 0.15) is 22.9 Å². The number of methoxy groups -OCH3 is 2. The van der Waals surface area contributed by atoms with Crippen molar-refractivity contribution in [2.45, 2.75) is 33.7 Å². The smallest absolute Gasteiger partial charge is 0.272 e. The van der Waals surface area contributed by atoms with E-state index in [9.17, 15) is 9.59 Å². The zero-order valence-electron chi connectivity index (χ0n) is 17.6. The van der Waals surface area contributed by atoms with Crippen molar-refractivity contribution in [3.05, 3.63) is 56.5 Å². The van der Waals surface area contributed by atoms with E-state index in [1.54, 1.807) is 23.6 Å². The molecule has 158 valence electrons. The number of hydrogen-bond acceptors (Lipinski definition) is 5. The molecule has 0 spiro atoms. The Labute approximate surface area is 179 Å². The topological polar surface area (TPSA) is 82.5 Å². The number of ether oxygens (including phenoxy) is 2. The lowest BCUT2D eigenvalue weighted by molar-refractivity contribution is -0.116. The first-order valence-electron chi connectivity index (χ1n) is 9.45. The van der Waals surface area contributed by atoms with Crippen LogP contribution in [0.25, 0.3) is 11.0 Å². The average molecular weight is 430 g/mol. The molecular formula is C22H24ClN3O4. The van der Waals surface area contributed by atoms with Crippen LogP contribution in [0.2, 0.25) is 5.02 Å². The third kappa shape index (κ3) is 4.26. The molecule has 0 aliphatic heterocycles. The molecule has 1 heterocycles. The van der Waals surface area contributed by atoms with E-state index < -0.39 is 0 Å². The Hall–Kier alpha value is -3.06. The summed E-state index contributed by atoms with van der Waals surface area (Å²) in [6, 6.07) is 7.11. The lowest BCUT2D eigenvalue weighted by Gasteiger charge is -2.15. The molecule has 3 rings (SSSR count). The van der Waals surface area contributed by atoms with Crippen molar-refractivity contribution in [2.24, 2.45) is 0 Å². The molecule has 0 saturated heterocycles. The number of carbonyl (C=O) groups is 1. The fraction of sp³-hybridized carbons (Fsp3) is 0.318. The molecule has 7 nitrogen and oxygen atoms in total. The SMILES string of the molecule is COc1cc(Cl)c(NC(=O)CCn2c(=O)c(C)nc3cc(C)c(C)cc32)c(OC)c1. The van der Waals surface area contributed by atoms with Crippen molar-refractivity contribution in [1.29, 1.82) is 0 Å². The highest BCUT2D eigenvalue weighted by Crippen LogP contribution is 2.36. The summed E-state index contributed by atoms with van der Waals surface area (Å²) in [6.45, 7) is 5.87. The number of anilines is 1. The third-order valence-electron chi connectivity index (χ3n) is 5.03. The van der Waals surface area contributed by atoms with E-state index in [2.05, 4.69) is 10.3 Å². The number of nitrogens with zero attached hydrogens (tertiary/aromatic N) is 2. The van der Waals surface area contributed by atoms with Gasteiger partial charge in [-0.15, -0.1) is 0 Å². The normalized spacial score (nSPS) is 10.9. The highest BCUT2D eigenvalue weighted by Gasteiger charge is 2.16. The summed E-state index contributed by atoms with van der Waals surface area (Å²) in [5, 5.41) is 3.07. The number of halogens is 1. The summed E-state index contributed by atoms with van der Waals surface area (Å²) in [4.78, 5) is 29.7. The van der Waals surface area contributed by atoms with Gasteiger partial charge in [0.05, 0.1) is 30.3 Å². The highest BCUT2D eigenvalue weighted by molar-refractivity contribution is 6.34.